The van der Waals surface area contributed by atoms with Gasteiger partial charge in [-0.1, -0.05) is 132 Å². The van der Waals surface area contributed by atoms with E-state index < -0.39 is 32.5 Å². The second-order valence-electron chi connectivity index (χ2n) is 15.5. The van der Waals surface area contributed by atoms with Gasteiger partial charge in [0, 0.05) is 12.8 Å². The van der Waals surface area contributed by atoms with Crippen LogP contribution in [-0.2, 0) is 32.7 Å². The number of nitrogens with zero attached hydrogens (tertiary/aromatic N) is 1. The Hall–Kier alpha value is -2.59. The highest BCUT2D eigenvalue weighted by atomic mass is 31.2. The average Bonchev–Trinajstić information content (AvgIpc) is 3.16. The summed E-state index contributed by atoms with van der Waals surface area (Å²) in [6, 6.07) is 0. The van der Waals surface area contributed by atoms with Crippen LogP contribution < -0.4 is 0 Å². The summed E-state index contributed by atoms with van der Waals surface area (Å²) < 4.78 is 34.2. The van der Waals surface area contributed by atoms with Crippen LogP contribution >= 0.6 is 7.82 Å². The number of phosphoric acid groups is 1. The largest absolute Gasteiger partial charge is 0.472 e. The number of aliphatic hydroxyl groups is 1. The van der Waals surface area contributed by atoms with E-state index in [0.717, 1.165) is 77.0 Å². The van der Waals surface area contributed by atoms with Crippen molar-refractivity contribution < 1.29 is 47.2 Å². The third-order valence-electron chi connectivity index (χ3n) is 8.78. The molecule has 0 saturated carbocycles. The maximum absolute atomic E-state index is 12.7. The Bertz CT molecular complexity index is 1220. The summed E-state index contributed by atoms with van der Waals surface area (Å²) in [5.74, 6) is -0.910. The lowest BCUT2D eigenvalue weighted by atomic mass is 10.1. The van der Waals surface area contributed by atoms with Crippen LogP contribution in [0.3, 0.4) is 0 Å². The van der Waals surface area contributed by atoms with Gasteiger partial charge in [-0.2, -0.15) is 0 Å². The van der Waals surface area contributed by atoms with E-state index in [2.05, 4.69) is 68.5 Å². The van der Waals surface area contributed by atoms with Gasteiger partial charge in [-0.25, -0.2) is 4.57 Å². The Labute approximate surface area is 347 Å². The molecule has 0 spiro atoms. The minimum absolute atomic E-state index is 0.00994. The van der Waals surface area contributed by atoms with E-state index in [9.17, 15) is 24.2 Å². The monoisotopic (exact) mass is 823 g/mol. The van der Waals surface area contributed by atoms with Crippen LogP contribution in [-0.4, -0.2) is 86.1 Å². The summed E-state index contributed by atoms with van der Waals surface area (Å²) in [6.45, 7) is 4.12. The fourth-order valence-corrected chi connectivity index (χ4v) is 6.03. The van der Waals surface area contributed by atoms with Gasteiger partial charge in [0.2, 0.25) is 0 Å². The number of hydrogen-bond donors (Lipinski definition) is 2. The summed E-state index contributed by atoms with van der Waals surface area (Å²) >= 11 is 0. The molecule has 57 heavy (non-hydrogen) atoms. The number of quaternary nitrogens is 1. The van der Waals surface area contributed by atoms with Gasteiger partial charge in [0.1, 0.15) is 19.8 Å². The van der Waals surface area contributed by atoms with Crippen LogP contribution in [0.1, 0.15) is 149 Å². The molecule has 10 nitrogen and oxygen atoms in total. The molecule has 0 aliphatic heterocycles. The maximum Gasteiger partial charge on any atom is 0.472 e. The highest BCUT2D eigenvalue weighted by molar-refractivity contribution is 7.47. The van der Waals surface area contributed by atoms with Crippen LogP contribution in [0.15, 0.2) is 72.9 Å². The standard InChI is InChI=1S/C46H80NO9P/c1-6-8-10-11-12-13-14-15-16-17-22-25-28-31-34-38-46(50)56-44(42-55-57(51,52)54-40-39-47(3,4)5)41-53-45(49)37-33-30-27-24-21-19-18-20-23-26-29-32-36-43(48)35-9-7-2/h12-13,15-16,18-19,23-24,26-27,32,36,43-44,48H,6-11,14,17,20-22,25,28-31,33-35,37-42H2,1-5H3/p+1/b13-12-,16-15-,19-18-,26-23-,27-24-,36-32-/t43-,44+/m0/s1. The number of aliphatic hydroxyl groups excluding tert-OH is 1. The normalized spacial score (nSPS) is 14.9. The molecule has 0 amide bonds. The summed E-state index contributed by atoms with van der Waals surface area (Å²) in [6.07, 6.45) is 42.9. The fraction of sp³-hybridized carbons (Fsp3) is 0.696. The highest BCUT2D eigenvalue weighted by Crippen LogP contribution is 2.43. The molecule has 0 aromatic rings. The number of likely N-dealkylation sites (N-methyl/N-ethyl adjacent to an activating group) is 1. The number of rotatable bonds is 38. The Morgan fingerprint density at radius 2 is 1.12 bits per heavy atom. The zero-order valence-electron chi connectivity index (χ0n) is 36.4. The lowest BCUT2D eigenvalue weighted by molar-refractivity contribution is -0.870. The van der Waals surface area contributed by atoms with Crippen molar-refractivity contribution in [2.24, 2.45) is 0 Å². The number of esters is 2. The molecule has 2 N–H and O–H groups in total. The van der Waals surface area contributed by atoms with Crippen LogP contribution in [0.4, 0.5) is 0 Å². The van der Waals surface area contributed by atoms with Crippen LogP contribution in [0.2, 0.25) is 0 Å². The van der Waals surface area contributed by atoms with E-state index in [4.69, 9.17) is 18.5 Å². The molecule has 0 aromatic carbocycles. The minimum Gasteiger partial charge on any atom is -0.462 e. The number of carbonyl (C=O) groups is 2. The smallest absolute Gasteiger partial charge is 0.462 e. The van der Waals surface area contributed by atoms with E-state index in [1.165, 1.54) is 25.7 Å². The third-order valence-corrected chi connectivity index (χ3v) is 9.76. The van der Waals surface area contributed by atoms with Gasteiger partial charge < -0.3 is 24.0 Å². The lowest BCUT2D eigenvalue weighted by Gasteiger charge is -2.24. The van der Waals surface area contributed by atoms with Crippen molar-refractivity contribution in [3.63, 3.8) is 0 Å². The Morgan fingerprint density at radius 3 is 1.72 bits per heavy atom. The van der Waals surface area contributed by atoms with Gasteiger partial charge in [-0.15, -0.1) is 0 Å². The van der Waals surface area contributed by atoms with E-state index in [0.29, 0.717) is 30.3 Å². The summed E-state index contributed by atoms with van der Waals surface area (Å²) in [4.78, 5) is 35.3. The van der Waals surface area contributed by atoms with Crippen LogP contribution in [0, 0.1) is 0 Å². The number of ether oxygens (including phenoxy) is 2. The first-order chi connectivity index (χ1) is 27.4. The predicted octanol–water partition coefficient (Wildman–Crippen LogP) is 11.2. The van der Waals surface area contributed by atoms with Gasteiger partial charge in [0.25, 0.3) is 0 Å². The molecule has 0 aromatic heterocycles. The molecule has 0 aliphatic rings. The molecule has 0 aliphatic carbocycles. The van der Waals surface area contributed by atoms with Gasteiger partial charge in [-0.3, -0.25) is 18.6 Å². The van der Waals surface area contributed by atoms with E-state index in [-0.39, 0.29) is 32.2 Å². The molecule has 0 rings (SSSR count). The SMILES string of the molecule is CCCCC/C=C\C/C=C\CCCCCCCC(=O)O[C@H](COC(=O)CCC/C=C\C/C=C\C/C=C\C/C=C\[C@@H](O)CCCC)COP(=O)(O)OCC[N+](C)(C)C. The zero-order chi connectivity index (χ0) is 42.3. The van der Waals surface area contributed by atoms with Gasteiger partial charge >= 0.3 is 19.8 Å². The van der Waals surface area contributed by atoms with Crippen molar-refractivity contribution in [3.05, 3.63) is 72.9 Å². The second-order valence-corrected chi connectivity index (χ2v) is 17.0. The van der Waals surface area contributed by atoms with Crippen molar-refractivity contribution in [2.45, 2.75) is 161 Å². The average molecular weight is 823 g/mol. The quantitative estimate of drug-likeness (QED) is 0.0206. The van der Waals surface area contributed by atoms with Crippen LogP contribution in [0.5, 0.6) is 0 Å². The molecule has 3 atom stereocenters. The number of unbranched alkanes of at least 4 members (excludes halogenated alkanes) is 10. The molecule has 0 radical (unpaired) electrons. The first-order valence-corrected chi connectivity index (χ1v) is 23.2. The number of hydrogen-bond acceptors (Lipinski definition) is 8. The van der Waals surface area contributed by atoms with Crippen molar-refractivity contribution in [1.29, 1.82) is 0 Å². The molecule has 11 heteroatoms. The summed E-state index contributed by atoms with van der Waals surface area (Å²) in [7, 11) is 1.40. The number of carbonyl (C=O) groups excluding carboxylic acids is 2. The van der Waals surface area contributed by atoms with Crippen LogP contribution in [0.25, 0.3) is 0 Å². The molecule has 0 saturated heterocycles. The fourth-order valence-electron chi connectivity index (χ4n) is 5.29. The van der Waals surface area contributed by atoms with Crippen molar-refractivity contribution in [2.75, 3.05) is 47.5 Å². The second kappa shape index (κ2) is 37.7. The van der Waals surface area contributed by atoms with Crippen molar-refractivity contribution in [1.82, 2.24) is 0 Å². The minimum atomic E-state index is -4.40. The first kappa shape index (κ1) is 54.4. The molecular formula is C46H81NO9P+. The Balaban J connectivity index is 4.53. The van der Waals surface area contributed by atoms with Gasteiger partial charge in [0.05, 0.1) is 33.9 Å². The lowest BCUT2D eigenvalue weighted by Crippen LogP contribution is -2.37. The summed E-state index contributed by atoms with van der Waals surface area (Å²) in [5.41, 5.74) is 0. The summed E-state index contributed by atoms with van der Waals surface area (Å²) in [5, 5.41) is 9.82. The Kier molecular flexibility index (Phi) is 36.0. The van der Waals surface area contributed by atoms with Crippen molar-refractivity contribution in [3.8, 4) is 0 Å². The number of phosphoric ester groups is 1. The maximum atomic E-state index is 12.7. The van der Waals surface area contributed by atoms with E-state index in [1.807, 2.05) is 39.4 Å². The highest BCUT2D eigenvalue weighted by Gasteiger charge is 2.27. The predicted molar refractivity (Wildman–Crippen MR) is 235 cm³/mol. The van der Waals surface area contributed by atoms with E-state index in [1.54, 1.807) is 0 Å². The molecule has 0 bridgehead atoms. The Morgan fingerprint density at radius 1 is 0.614 bits per heavy atom. The third kappa shape index (κ3) is 41.4. The van der Waals surface area contributed by atoms with Crippen molar-refractivity contribution >= 4 is 19.8 Å². The molecule has 328 valence electrons. The topological polar surface area (TPSA) is 129 Å². The molecule has 0 fully saturated rings. The molecule has 1 unspecified atom stereocenters. The van der Waals surface area contributed by atoms with Gasteiger partial charge in [-0.05, 0) is 77.0 Å². The van der Waals surface area contributed by atoms with E-state index >= 15 is 0 Å². The first-order valence-electron chi connectivity index (χ1n) is 21.8. The molecular weight excluding hydrogens is 741 g/mol. The van der Waals surface area contributed by atoms with Gasteiger partial charge in [0.15, 0.2) is 6.10 Å². The molecule has 0 heterocycles. The zero-order valence-corrected chi connectivity index (χ0v) is 37.3. The number of allylic oxidation sites excluding steroid dienone is 11.